The van der Waals surface area contributed by atoms with Crippen molar-refractivity contribution in [2.45, 2.75) is 12.8 Å². The topological polar surface area (TPSA) is 60.9 Å². The van der Waals surface area contributed by atoms with E-state index in [-0.39, 0.29) is 12.7 Å². The molecule has 29 heavy (non-hydrogen) atoms. The molecule has 1 aromatic heterocycles. The van der Waals surface area contributed by atoms with Gasteiger partial charge in [-0.15, -0.1) is 11.3 Å². The van der Waals surface area contributed by atoms with Crippen molar-refractivity contribution in [3.05, 3.63) is 52.0 Å². The van der Waals surface area contributed by atoms with Crippen LogP contribution in [0.4, 0.5) is 5.69 Å². The Kier molecular flexibility index (Phi) is 4.56. The second kappa shape index (κ2) is 7.24. The van der Waals surface area contributed by atoms with Crippen molar-refractivity contribution in [1.82, 2.24) is 4.98 Å². The van der Waals surface area contributed by atoms with Gasteiger partial charge in [0.25, 0.3) is 5.91 Å². The number of nitrogens with zero attached hydrogens (tertiary/aromatic N) is 2. The highest BCUT2D eigenvalue weighted by Gasteiger charge is 2.30. The molecule has 0 N–H and O–H groups in total. The van der Waals surface area contributed by atoms with E-state index in [2.05, 4.69) is 4.98 Å². The van der Waals surface area contributed by atoms with E-state index >= 15 is 0 Å². The van der Waals surface area contributed by atoms with Crippen molar-refractivity contribution in [2.24, 2.45) is 0 Å². The summed E-state index contributed by atoms with van der Waals surface area (Å²) in [6, 6.07) is 9.27. The van der Waals surface area contributed by atoms with Gasteiger partial charge in [0.1, 0.15) is 16.5 Å². The molecule has 5 rings (SSSR count). The molecular formula is C21H17ClN2O4S. The minimum atomic E-state index is -0.158. The quantitative estimate of drug-likeness (QED) is 0.600. The SMILES string of the molecule is COc1ccc(Cl)c2c1N(C(=O)c1csc(-c3ccc4c(c3)OCO4)n1)CCC2. The lowest BCUT2D eigenvalue weighted by Crippen LogP contribution is -2.36. The average molecular weight is 429 g/mol. The zero-order valence-electron chi connectivity index (χ0n) is 15.6. The Labute approximate surface area is 176 Å². The number of hydrogen-bond acceptors (Lipinski definition) is 6. The van der Waals surface area contributed by atoms with Crippen molar-refractivity contribution < 1.29 is 19.0 Å². The van der Waals surface area contributed by atoms with Crippen LogP contribution in [-0.4, -0.2) is 31.3 Å². The van der Waals surface area contributed by atoms with Crippen molar-refractivity contribution in [3.63, 3.8) is 0 Å². The van der Waals surface area contributed by atoms with Crippen molar-refractivity contribution >= 4 is 34.5 Å². The van der Waals surface area contributed by atoms with Crippen LogP contribution in [-0.2, 0) is 6.42 Å². The van der Waals surface area contributed by atoms with E-state index < -0.39 is 0 Å². The molecule has 0 fully saturated rings. The molecule has 2 aliphatic rings. The number of hydrogen-bond donors (Lipinski definition) is 0. The summed E-state index contributed by atoms with van der Waals surface area (Å²) in [4.78, 5) is 19.6. The normalized spacial score (nSPS) is 14.6. The number of methoxy groups -OCH3 is 1. The first-order valence-corrected chi connectivity index (χ1v) is 10.4. The first kappa shape index (κ1) is 18.3. The van der Waals surface area contributed by atoms with E-state index in [9.17, 15) is 4.79 Å². The minimum Gasteiger partial charge on any atom is -0.495 e. The second-order valence-electron chi connectivity index (χ2n) is 6.74. The molecule has 1 amide bonds. The molecular weight excluding hydrogens is 412 g/mol. The summed E-state index contributed by atoms with van der Waals surface area (Å²) in [6.45, 7) is 0.818. The maximum Gasteiger partial charge on any atom is 0.277 e. The van der Waals surface area contributed by atoms with Gasteiger partial charge < -0.3 is 19.1 Å². The Morgan fingerprint density at radius 3 is 2.97 bits per heavy atom. The van der Waals surface area contributed by atoms with Gasteiger partial charge in [0.2, 0.25) is 6.79 Å². The second-order valence-corrected chi connectivity index (χ2v) is 8.01. The number of carbonyl (C=O) groups is 1. The molecule has 2 aromatic carbocycles. The lowest BCUT2D eigenvalue weighted by atomic mass is 10.0. The summed E-state index contributed by atoms with van der Waals surface area (Å²) in [5.41, 5.74) is 2.97. The van der Waals surface area contributed by atoms with E-state index in [1.165, 1.54) is 11.3 Å². The van der Waals surface area contributed by atoms with E-state index in [4.69, 9.17) is 25.8 Å². The number of halogens is 1. The number of rotatable bonds is 3. The Morgan fingerprint density at radius 2 is 2.10 bits per heavy atom. The van der Waals surface area contributed by atoms with Gasteiger partial charge in [-0.05, 0) is 48.7 Å². The zero-order valence-corrected chi connectivity index (χ0v) is 17.2. The molecule has 148 valence electrons. The highest BCUT2D eigenvalue weighted by Crippen LogP contribution is 2.41. The number of anilines is 1. The summed E-state index contributed by atoms with van der Waals surface area (Å²) in [5, 5.41) is 3.19. The van der Waals surface area contributed by atoms with Crippen LogP contribution in [0, 0.1) is 0 Å². The molecule has 0 bridgehead atoms. The highest BCUT2D eigenvalue weighted by molar-refractivity contribution is 7.13. The van der Waals surface area contributed by atoms with Gasteiger partial charge in [-0.3, -0.25) is 4.79 Å². The largest absolute Gasteiger partial charge is 0.495 e. The fourth-order valence-electron chi connectivity index (χ4n) is 3.69. The maximum atomic E-state index is 13.3. The van der Waals surface area contributed by atoms with Crippen LogP contribution >= 0.6 is 22.9 Å². The molecule has 0 atom stereocenters. The van der Waals surface area contributed by atoms with Gasteiger partial charge in [0.05, 0.1) is 12.8 Å². The summed E-state index contributed by atoms with van der Waals surface area (Å²) in [7, 11) is 1.60. The number of carbonyl (C=O) groups excluding carboxylic acids is 1. The first-order valence-electron chi connectivity index (χ1n) is 9.18. The third kappa shape index (κ3) is 3.10. The molecule has 0 aliphatic carbocycles. The Morgan fingerprint density at radius 1 is 1.24 bits per heavy atom. The summed E-state index contributed by atoms with van der Waals surface area (Å²) in [5.74, 6) is 1.89. The summed E-state index contributed by atoms with van der Waals surface area (Å²) in [6.07, 6.45) is 1.65. The lowest BCUT2D eigenvalue weighted by molar-refractivity contribution is 0.0980. The standard InChI is InChI=1S/C21H17ClN2O4S/c1-26-17-7-5-14(22)13-3-2-8-24(19(13)17)21(25)15-10-29-20(23-15)12-4-6-16-18(9-12)28-11-27-16/h4-7,9-10H,2-3,8,11H2,1H3. The number of fused-ring (bicyclic) bond motifs is 2. The molecule has 2 aliphatic heterocycles. The van der Waals surface area contributed by atoms with Crippen LogP contribution in [0.25, 0.3) is 10.6 Å². The van der Waals surface area contributed by atoms with E-state index in [0.29, 0.717) is 28.8 Å². The molecule has 0 radical (unpaired) electrons. The van der Waals surface area contributed by atoms with Crippen LogP contribution in [0.5, 0.6) is 17.2 Å². The van der Waals surface area contributed by atoms with Crippen LogP contribution in [0.3, 0.4) is 0 Å². The van der Waals surface area contributed by atoms with E-state index in [1.807, 2.05) is 24.3 Å². The zero-order chi connectivity index (χ0) is 20.0. The summed E-state index contributed by atoms with van der Waals surface area (Å²) >= 11 is 7.81. The fourth-order valence-corrected chi connectivity index (χ4v) is 4.73. The fraction of sp³-hybridized carbons (Fsp3) is 0.238. The molecule has 0 unspecified atom stereocenters. The first-order chi connectivity index (χ1) is 14.2. The Hall–Kier alpha value is -2.77. The molecule has 0 spiro atoms. The van der Waals surface area contributed by atoms with Gasteiger partial charge in [0.15, 0.2) is 11.5 Å². The number of aromatic nitrogens is 1. The van der Waals surface area contributed by atoms with E-state index in [1.54, 1.807) is 23.5 Å². The average Bonchev–Trinajstić information content (AvgIpc) is 3.42. The van der Waals surface area contributed by atoms with Gasteiger partial charge in [-0.2, -0.15) is 0 Å². The Bertz CT molecular complexity index is 1110. The number of ether oxygens (including phenoxy) is 3. The molecule has 3 heterocycles. The smallest absolute Gasteiger partial charge is 0.277 e. The molecule has 3 aromatic rings. The van der Waals surface area contributed by atoms with Crippen molar-refractivity contribution in [2.75, 3.05) is 25.3 Å². The molecule has 8 heteroatoms. The van der Waals surface area contributed by atoms with Gasteiger partial charge in [-0.25, -0.2) is 4.98 Å². The van der Waals surface area contributed by atoms with Crippen molar-refractivity contribution in [3.8, 4) is 27.8 Å². The highest BCUT2D eigenvalue weighted by atomic mass is 35.5. The van der Waals surface area contributed by atoms with Gasteiger partial charge in [-0.1, -0.05) is 11.6 Å². The predicted octanol–water partition coefficient (Wildman–Crippen LogP) is 4.79. The van der Waals surface area contributed by atoms with Crippen molar-refractivity contribution in [1.29, 1.82) is 0 Å². The van der Waals surface area contributed by atoms with Crippen LogP contribution in [0.15, 0.2) is 35.7 Å². The number of amides is 1. The number of thiazole rings is 1. The predicted molar refractivity (Wildman–Crippen MR) is 112 cm³/mol. The van der Waals surface area contributed by atoms with Crippen LogP contribution in [0.1, 0.15) is 22.5 Å². The Balaban J connectivity index is 1.48. The maximum absolute atomic E-state index is 13.3. The van der Waals surface area contributed by atoms with Crippen LogP contribution < -0.4 is 19.1 Å². The van der Waals surface area contributed by atoms with E-state index in [0.717, 1.165) is 40.4 Å². The third-order valence-corrected chi connectivity index (χ3v) is 6.32. The molecule has 0 saturated heterocycles. The van der Waals surface area contributed by atoms with Crippen LogP contribution in [0.2, 0.25) is 5.02 Å². The van der Waals surface area contributed by atoms with Gasteiger partial charge in [0, 0.05) is 22.5 Å². The third-order valence-electron chi connectivity index (χ3n) is 5.07. The monoisotopic (exact) mass is 428 g/mol. The summed E-state index contributed by atoms with van der Waals surface area (Å²) < 4.78 is 16.3. The van der Waals surface area contributed by atoms with Gasteiger partial charge >= 0.3 is 0 Å². The number of benzene rings is 2. The lowest BCUT2D eigenvalue weighted by Gasteiger charge is -2.31. The minimum absolute atomic E-state index is 0.158. The molecule has 6 nitrogen and oxygen atoms in total. The molecule has 0 saturated carbocycles.